The maximum Gasteiger partial charge on any atom is 0.319 e. The van der Waals surface area contributed by atoms with Crippen molar-refractivity contribution in [1.82, 2.24) is 15.1 Å². The highest BCUT2D eigenvalue weighted by Gasteiger charge is 2.22. The highest BCUT2D eigenvalue weighted by Crippen LogP contribution is 2.32. The number of piperazine rings is 1. The monoisotopic (exact) mass is 440 g/mol. The van der Waals surface area contributed by atoms with Gasteiger partial charge in [0.25, 0.3) is 0 Å². The summed E-state index contributed by atoms with van der Waals surface area (Å²) in [6, 6.07) is 12.7. The maximum atomic E-state index is 12.5. The number of carbonyl (C=O) groups is 2. The molecule has 170 valence electrons. The molecule has 9 heteroatoms. The van der Waals surface area contributed by atoms with Gasteiger partial charge >= 0.3 is 6.03 Å². The molecule has 0 atom stereocenters. The van der Waals surface area contributed by atoms with Crippen LogP contribution in [0.25, 0.3) is 0 Å². The average molecular weight is 441 g/mol. The largest absolute Gasteiger partial charge is 0.497 e. The third-order valence-electron chi connectivity index (χ3n) is 5.54. The van der Waals surface area contributed by atoms with Gasteiger partial charge in [0.05, 0.1) is 7.11 Å². The fraction of sp³-hybridized carbons (Fsp3) is 0.391. The summed E-state index contributed by atoms with van der Waals surface area (Å²) in [6.45, 7) is 4.36. The van der Waals surface area contributed by atoms with E-state index in [2.05, 4.69) is 15.5 Å². The van der Waals surface area contributed by atoms with E-state index in [0.717, 1.165) is 36.9 Å². The van der Waals surface area contributed by atoms with Crippen LogP contribution in [-0.2, 0) is 11.3 Å². The van der Waals surface area contributed by atoms with Crippen LogP contribution in [0.2, 0.25) is 0 Å². The molecule has 9 nitrogen and oxygen atoms in total. The molecule has 0 radical (unpaired) electrons. The normalized spacial score (nSPS) is 15.3. The van der Waals surface area contributed by atoms with Crippen molar-refractivity contribution >= 4 is 17.6 Å². The minimum atomic E-state index is -0.337. The zero-order valence-electron chi connectivity index (χ0n) is 18.1. The third kappa shape index (κ3) is 5.61. The lowest BCUT2D eigenvalue weighted by atomic mass is 10.1. The van der Waals surface area contributed by atoms with Gasteiger partial charge in [0, 0.05) is 51.4 Å². The summed E-state index contributed by atoms with van der Waals surface area (Å²) < 4.78 is 15.9. The molecule has 0 bridgehead atoms. The molecule has 2 heterocycles. The second-order valence-electron chi connectivity index (χ2n) is 7.70. The summed E-state index contributed by atoms with van der Waals surface area (Å²) in [5, 5.41) is 5.47. The SMILES string of the molecule is COc1ccc(NC(=O)NCCC(=O)N2CCN(Cc3ccc4c(c3)OCO4)CC2)cc1. The van der Waals surface area contributed by atoms with Crippen molar-refractivity contribution in [3.05, 3.63) is 48.0 Å². The van der Waals surface area contributed by atoms with E-state index in [9.17, 15) is 9.59 Å². The second kappa shape index (κ2) is 10.2. The molecule has 3 amide bonds. The number of nitrogens with zero attached hydrogens (tertiary/aromatic N) is 2. The Bertz CT molecular complexity index is 942. The Hall–Kier alpha value is -3.46. The van der Waals surface area contributed by atoms with Crippen LogP contribution in [0.5, 0.6) is 17.2 Å². The number of nitrogens with one attached hydrogen (secondary N) is 2. The van der Waals surface area contributed by atoms with Gasteiger partial charge in [0.15, 0.2) is 11.5 Å². The first kappa shape index (κ1) is 21.8. The predicted octanol–water partition coefficient (Wildman–Crippen LogP) is 2.28. The number of hydrogen-bond donors (Lipinski definition) is 2. The number of rotatable bonds is 7. The second-order valence-corrected chi connectivity index (χ2v) is 7.70. The Balaban J connectivity index is 1.14. The zero-order valence-corrected chi connectivity index (χ0v) is 18.1. The Morgan fingerprint density at radius 3 is 2.50 bits per heavy atom. The fourth-order valence-corrected chi connectivity index (χ4v) is 3.74. The number of fused-ring (bicyclic) bond motifs is 1. The molecular weight excluding hydrogens is 412 g/mol. The lowest BCUT2D eigenvalue weighted by molar-refractivity contribution is -0.132. The van der Waals surface area contributed by atoms with Crippen LogP contribution in [-0.4, -0.2) is 68.4 Å². The van der Waals surface area contributed by atoms with Crippen LogP contribution in [0.4, 0.5) is 10.5 Å². The minimum Gasteiger partial charge on any atom is -0.497 e. The number of amides is 3. The molecule has 4 rings (SSSR count). The van der Waals surface area contributed by atoms with Crippen molar-refractivity contribution in [2.45, 2.75) is 13.0 Å². The van der Waals surface area contributed by atoms with Crippen molar-refractivity contribution in [3.63, 3.8) is 0 Å². The Morgan fingerprint density at radius 1 is 1.00 bits per heavy atom. The number of benzene rings is 2. The summed E-state index contributed by atoms with van der Waals surface area (Å²) >= 11 is 0. The molecule has 2 aromatic carbocycles. The molecular formula is C23H28N4O5. The molecule has 32 heavy (non-hydrogen) atoms. The molecule has 1 saturated heterocycles. The van der Waals surface area contributed by atoms with Crippen LogP contribution in [0.3, 0.4) is 0 Å². The van der Waals surface area contributed by atoms with Crippen LogP contribution in [0.1, 0.15) is 12.0 Å². The topological polar surface area (TPSA) is 92.4 Å². The Labute approximate surface area is 187 Å². The number of anilines is 1. The van der Waals surface area contributed by atoms with E-state index < -0.39 is 0 Å². The third-order valence-corrected chi connectivity index (χ3v) is 5.54. The number of methoxy groups -OCH3 is 1. The lowest BCUT2D eigenvalue weighted by Gasteiger charge is -2.34. The molecule has 2 aliphatic rings. The van der Waals surface area contributed by atoms with E-state index in [4.69, 9.17) is 14.2 Å². The molecule has 2 aliphatic heterocycles. The standard InChI is InChI=1S/C23H28N4O5/c1-30-19-5-3-18(4-6-19)25-23(29)24-9-8-22(28)27-12-10-26(11-13-27)15-17-2-7-20-21(14-17)32-16-31-20/h2-7,14H,8-13,15-16H2,1H3,(H2,24,25,29). The van der Waals surface area contributed by atoms with Crippen LogP contribution in [0, 0.1) is 0 Å². The van der Waals surface area contributed by atoms with Gasteiger partial charge in [-0.25, -0.2) is 4.79 Å². The van der Waals surface area contributed by atoms with Crippen molar-refractivity contribution in [1.29, 1.82) is 0 Å². The van der Waals surface area contributed by atoms with E-state index in [1.54, 1.807) is 31.4 Å². The highest BCUT2D eigenvalue weighted by atomic mass is 16.7. The molecule has 2 N–H and O–H groups in total. The number of hydrogen-bond acceptors (Lipinski definition) is 6. The van der Waals surface area contributed by atoms with E-state index in [0.29, 0.717) is 18.8 Å². The van der Waals surface area contributed by atoms with E-state index in [1.165, 1.54) is 5.56 Å². The number of carbonyl (C=O) groups excluding carboxylic acids is 2. The molecule has 0 saturated carbocycles. The zero-order chi connectivity index (χ0) is 22.3. The quantitative estimate of drug-likeness (QED) is 0.686. The Morgan fingerprint density at radius 2 is 1.75 bits per heavy atom. The Kier molecular flexibility index (Phi) is 6.96. The van der Waals surface area contributed by atoms with Crippen molar-refractivity contribution in [2.75, 3.05) is 51.9 Å². The van der Waals surface area contributed by atoms with Gasteiger partial charge in [0.1, 0.15) is 5.75 Å². The van der Waals surface area contributed by atoms with Crippen LogP contribution >= 0.6 is 0 Å². The lowest BCUT2D eigenvalue weighted by Crippen LogP contribution is -2.48. The highest BCUT2D eigenvalue weighted by molar-refractivity contribution is 5.89. The summed E-state index contributed by atoms with van der Waals surface area (Å²) in [6.07, 6.45) is 0.276. The average Bonchev–Trinajstić information content (AvgIpc) is 3.28. The first-order chi connectivity index (χ1) is 15.6. The van der Waals surface area contributed by atoms with Crippen LogP contribution < -0.4 is 24.8 Å². The van der Waals surface area contributed by atoms with Gasteiger partial charge in [0.2, 0.25) is 12.7 Å². The van der Waals surface area contributed by atoms with E-state index in [-0.39, 0.29) is 31.7 Å². The van der Waals surface area contributed by atoms with E-state index in [1.807, 2.05) is 23.1 Å². The van der Waals surface area contributed by atoms with Crippen molar-refractivity contribution < 1.29 is 23.8 Å². The molecule has 2 aromatic rings. The first-order valence-electron chi connectivity index (χ1n) is 10.7. The molecule has 0 aliphatic carbocycles. The van der Waals surface area contributed by atoms with Crippen molar-refractivity contribution in [3.8, 4) is 17.2 Å². The van der Waals surface area contributed by atoms with Gasteiger partial charge < -0.3 is 29.7 Å². The fourth-order valence-electron chi connectivity index (χ4n) is 3.74. The summed E-state index contributed by atoms with van der Waals surface area (Å²) in [5.74, 6) is 2.35. The predicted molar refractivity (Wildman–Crippen MR) is 119 cm³/mol. The first-order valence-corrected chi connectivity index (χ1v) is 10.7. The summed E-state index contributed by atoms with van der Waals surface area (Å²) in [5.41, 5.74) is 1.83. The van der Waals surface area contributed by atoms with Gasteiger partial charge in [-0.15, -0.1) is 0 Å². The van der Waals surface area contributed by atoms with E-state index >= 15 is 0 Å². The van der Waals surface area contributed by atoms with Crippen molar-refractivity contribution in [2.24, 2.45) is 0 Å². The molecule has 1 fully saturated rings. The maximum absolute atomic E-state index is 12.5. The summed E-state index contributed by atoms with van der Waals surface area (Å²) in [4.78, 5) is 28.7. The van der Waals surface area contributed by atoms with Crippen LogP contribution in [0.15, 0.2) is 42.5 Å². The number of urea groups is 1. The van der Waals surface area contributed by atoms with Gasteiger partial charge in [-0.1, -0.05) is 6.07 Å². The molecule has 0 spiro atoms. The van der Waals surface area contributed by atoms with Gasteiger partial charge in [-0.3, -0.25) is 9.69 Å². The van der Waals surface area contributed by atoms with Gasteiger partial charge in [-0.05, 0) is 42.0 Å². The number of ether oxygens (including phenoxy) is 3. The van der Waals surface area contributed by atoms with Gasteiger partial charge in [-0.2, -0.15) is 0 Å². The molecule has 0 unspecified atom stereocenters. The summed E-state index contributed by atoms with van der Waals surface area (Å²) in [7, 11) is 1.59. The minimum absolute atomic E-state index is 0.0532. The molecule has 0 aromatic heterocycles. The smallest absolute Gasteiger partial charge is 0.319 e.